The van der Waals surface area contributed by atoms with Gasteiger partial charge < -0.3 is 41.2 Å². The number of nitrogens with one attached hydrogen (secondary N) is 4. The van der Waals surface area contributed by atoms with Gasteiger partial charge in [-0.25, -0.2) is 0 Å². The van der Waals surface area contributed by atoms with Crippen LogP contribution < -0.4 is 31.7 Å². The fourth-order valence-electron chi connectivity index (χ4n) is 4.89. The highest BCUT2D eigenvalue weighted by atomic mass is 16.5. The molecule has 12 heteroatoms. The summed E-state index contributed by atoms with van der Waals surface area (Å²) in [5.74, 6) is 3.32. The molecule has 4 rings (SSSR count). The predicted octanol–water partition coefficient (Wildman–Crippen LogP) is 4.20. The first-order chi connectivity index (χ1) is 21.5. The number of aromatic nitrogens is 3. The highest BCUT2D eigenvalue weighted by molar-refractivity contribution is 5.95. The molecule has 0 spiro atoms. The monoisotopic (exact) mass is 606 g/mol. The lowest BCUT2D eigenvalue weighted by Gasteiger charge is -2.26. The normalized spacial score (nSPS) is 16.2. The van der Waals surface area contributed by atoms with Gasteiger partial charge in [0.1, 0.15) is 5.75 Å². The molecule has 1 fully saturated rings. The summed E-state index contributed by atoms with van der Waals surface area (Å²) in [7, 11) is 1.65. The van der Waals surface area contributed by atoms with Gasteiger partial charge in [-0.15, -0.1) is 0 Å². The Kier molecular flexibility index (Phi) is 13.4. The summed E-state index contributed by atoms with van der Waals surface area (Å²) in [6.45, 7) is 6.38. The summed E-state index contributed by atoms with van der Waals surface area (Å²) in [6.07, 6.45) is 4.92. The minimum Gasteiger partial charge on any atom is -0.497 e. The van der Waals surface area contributed by atoms with Gasteiger partial charge in [-0.2, -0.15) is 15.0 Å². The zero-order valence-electron chi connectivity index (χ0n) is 25.8. The van der Waals surface area contributed by atoms with Crippen molar-refractivity contribution in [2.75, 3.05) is 69.1 Å². The van der Waals surface area contributed by atoms with Crippen LogP contribution in [0.4, 0.5) is 23.5 Å². The number of methoxy groups -OCH3 is 1. The molecule has 12 nitrogen and oxygen atoms in total. The summed E-state index contributed by atoms with van der Waals surface area (Å²) in [6, 6.07) is 15.0. The van der Waals surface area contributed by atoms with Crippen molar-refractivity contribution in [2.24, 2.45) is 17.6 Å². The van der Waals surface area contributed by atoms with Gasteiger partial charge >= 0.3 is 0 Å². The van der Waals surface area contributed by atoms with E-state index >= 15 is 0 Å². The SMILES string of the molecule is COc1ccc(CNc2nc(NCC3CCC(C)CC3)nc(Nc3cccc(C(=O)NCCOCCOCCN)c3)n2)cc1. The number of carbonyl (C=O) groups excluding carboxylic acids is 1. The first-order valence-corrected chi connectivity index (χ1v) is 15.4. The highest BCUT2D eigenvalue weighted by Crippen LogP contribution is 2.28. The second-order valence-corrected chi connectivity index (χ2v) is 11.0. The second kappa shape index (κ2) is 18.0. The van der Waals surface area contributed by atoms with Crippen LogP contribution in [-0.4, -0.2) is 74.0 Å². The van der Waals surface area contributed by atoms with E-state index in [-0.39, 0.29) is 5.91 Å². The highest BCUT2D eigenvalue weighted by Gasteiger charge is 2.19. The average molecular weight is 607 g/mol. The summed E-state index contributed by atoms with van der Waals surface area (Å²) in [5.41, 5.74) is 7.65. The summed E-state index contributed by atoms with van der Waals surface area (Å²) in [4.78, 5) is 26.6. The van der Waals surface area contributed by atoms with Crippen LogP contribution >= 0.6 is 0 Å². The maximum Gasteiger partial charge on any atom is 0.251 e. The van der Waals surface area contributed by atoms with Gasteiger partial charge in [-0.1, -0.05) is 38.0 Å². The molecule has 6 N–H and O–H groups in total. The third-order valence-corrected chi connectivity index (χ3v) is 7.48. The minimum atomic E-state index is -0.196. The van der Waals surface area contributed by atoms with Crippen LogP contribution in [-0.2, 0) is 16.0 Å². The van der Waals surface area contributed by atoms with E-state index in [1.54, 1.807) is 19.2 Å². The Labute approximate surface area is 259 Å². The van der Waals surface area contributed by atoms with Gasteiger partial charge in [0.2, 0.25) is 17.8 Å². The van der Waals surface area contributed by atoms with Crippen LogP contribution in [0.1, 0.15) is 48.5 Å². The van der Waals surface area contributed by atoms with Crippen LogP contribution in [0.5, 0.6) is 5.75 Å². The third kappa shape index (κ3) is 11.3. The number of rotatable bonds is 18. The van der Waals surface area contributed by atoms with Crippen LogP contribution in [0.2, 0.25) is 0 Å². The Balaban J connectivity index is 1.37. The fraction of sp³-hybridized carbons (Fsp3) is 0.500. The summed E-state index contributed by atoms with van der Waals surface area (Å²) < 4.78 is 16.0. The summed E-state index contributed by atoms with van der Waals surface area (Å²) in [5, 5.41) is 12.9. The molecule has 2 aromatic carbocycles. The maximum absolute atomic E-state index is 12.7. The Morgan fingerprint density at radius 3 is 2.32 bits per heavy atom. The standard InChI is InChI=1S/C32H46N8O4/c1-23-6-8-24(9-7-23)21-35-30-38-31(36-22-25-10-12-28(42-2)13-11-25)40-32(39-30)37-27-5-3-4-26(20-27)29(41)34-15-17-44-19-18-43-16-14-33/h3-5,10-13,20,23-24H,6-9,14-19,21-22,33H2,1-2H3,(H,34,41)(H3,35,36,37,38,39,40). The Morgan fingerprint density at radius 2 is 1.59 bits per heavy atom. The molecule has 0 bridgehead atoms. The van der Waals surface area contributed by atoms with Gasteiger partial charge in [0.05, 0.1) is 33.5 Å². The van der Waals surface area contributed by atoms with Gasteiger partial charge in [-0.05, 0) is 60.6 Å². The Bertz CT molecular complexity index is 1290. The molecule has 0 unspecified atom stereocenters. The number of benzene rings is 2. The molecule has 0 saturated heterocycles. The molecule has 1 saturated carbocycles. The quantitative estimate of drug-likeness (QED) is 0.132. The number of nitrogens with two attached hydrogens (primary N) is 1. The number of amides is 1. The lowest BCUT2D eigenvalue weighted by atomic mass is 9.83. The van der Waals surface area contributed by atoms with E-state index in [0.29, 0.717) is 81.1 Å². The van der Waals surface area contributed by atoms with Crippen LogP contribution in [0.15, 0.2) is 48.5 Å². The van der Waals surface area contributed by atoms with E-state index in [0.717, 1.165) is 23.8 Å². The van der Waals surface area contributed by atoms with Gasteiger partial charge in [0.25, 0.3) is 5.91 Å². The van der Waals surface area contributed by atoms with Crippen molar-refractivity contribution >= 4 is 29.4 Å². The zero-order valence-corrected chi connectivity index (χ0v) is 25.8. The number of anilines is 4. The number of hydrogen-bond donors (Lipinski definition) is 5. The molecule has 0 radical (unpaired) electrons. The zero-order chi connectivity index (χ0) is 31.0. The van der Waals surface area contributed by atoms with Crippen molar-refractivity contribution in [3.05, 3.63) is 59.7 Å². The van der Waals surface area contributed by atoms with Crippen LogP contribution in [0.3, 0.4) is 0 Å². The van der Waals surface area contributed by atoms with E-state index in [9.17, 15) is 4.79 Å². The number of ether oxygens (including phenoxy) is 3. The van der Waals surface area contributed by atoms with E-state index in [1.807, 2.05) is 36.4 Å². The molecular formula is C32H46N8O4. The molecule has 1 aliphatic carbocycles. The smallest absolute Gasteiger partial charge is 0.251 e. The molecule has 1 heterocycles. The molecular weight excluding hydrogens is 560 g/mol. The minimum absolute atomic E-state index is 0.196. The van der Waals surface area contributed by atoms with Gasteiger partial charge in [0, 0.05) is 37.4 Å². The van der Waals surface area contributed by atoms with Crippen molar-refractivity contribution in [1.29, 1.82) is 0 Å². The van der Waals surface area contributed by atoms with E-state index < -0.39 is 0 Å². The number of hydrogen-bond acceptors (Lipinski definition) is 11. The molecule has 0 atom stereocenters. The molecule has 1 aliphatic rings. The van der Waals surface area contributed by atoms with Gasteiger partial charge in [0.15, 0.2) is 0 Å². The Hall–Kier alpha value is -4.00. The average Bonchev–Trinajstić information content (AvgIpc) is 3.05. The molecule has 3 aromatic rings. The molecule has 1 amide bonds. The first kappa shape index (κ1) is 32.9. The molecule has 238 valence electrons. The van der Waals surface area contributed by atoms with E-state index in [2.05, 4.69) is 43.1 Å². The first-order valence-electron chi connectivity index (χ1n) is 15.4. The number of carbonyl (C=O) groups is 1. The van der Waals surface area contributed by atoms with Crippen molar-refractivity contribution < 1.29 is 19.0 Å². The van der Waals surface area contributed by atoms with Crippen molar-refractivity contribution in [1.82, 2.24) is 20.3 Å². The van der Waals surface area contributed by atoms with Crippen molar-refractivity contribution in [3.8, 4) is 5.75 Å². The lowest BCUT2D eigenvalue weighted by molar-refractivity contribution is 0.0511. The predicted molar refractivity (Wildman–Crippen MR) is 173 cm³/mol. The van der Waals surface area contributed by atoms with Crippen molar-refractivity contribution in [3.63, 3.8) is 0 Å². The maximum atomic E-state index is 12.7. The molecule has 0 aliphatic heterocycles. The largest absolute Gasteiger partial charge is 0.497 e. The van der Waals surface area contributed by atoms with Crippen LogP contribution in [0, 0.1) is 11.8 Å². The summed E-state index contributed by atoms with van der Waals surface area (Å²) >= 11 is 0. The van der Waals surface area contributed by atoms with Crippen molar-refractivity contribution in [2.45, 2.75) is 39.2 Å². The van der Waals surface area contributed by atoms with Crippen LogP contribution in [0.25, 0.3) is 0 Å². The molecule has 44 heavy (non-hydrogen) atoms. The number of nitrogens with zero attached hydrogens (tertiary/aromatic N) is 3. The topological polar surface area (TPSA) is 158 Å². The van der Waals surface area contributed by atoms with E-state index in [4.69, 9.17) is 19.9 Å². The second-order valence-electron chi connectivity index (χ2n) is 11.0. The fourth-order valence-corrected chi connectivity index (χ4v) is 4.89. The third-order valence-electron chi connectivity index (χ3n) is 7.48. The van der Waals surface area contributed by atoms with E-state index in [1.165, 1.54) is 25.7 Å². The Morgan fingerprint density at radius 1 is 0.886 bits per heavy atom. The lowest BCUT2D eigenvalue weighted by Crippen LogP contribution is -2.27. The van der Waals surface area contributed by atoms with Gasteiger partial charge in [-0.3, -0.25) is 4.79 Å². The molecule has 1 aromatic heterocycles.